The molecule has 158 valence electrons. The van der Waals surface area contributed by atoms with E-state index in [0.29, 0.717) is 18.5 Å². The maximum absolute atomic E-state index is 13.0. The smallest absolute Gasteiger partial charge is 0.341 e. The molecular weight excluding hydrogens is 366 g/mol. The number of aliphatic hydroxyl groups is 2. The second-order valence-electron chi connectivity index (χ2n) is 8.30. The quantitative estimate of drug-likeness (QED) is 0.218. The van der Waals surface area contributed by atoms with E-state index < -0.39 is 46.4 Å². The summed E-state index contributed by atoms with van der Waals surface area (Å²) in [7, 11) is 0. The van der Waals surface area contributed by atoms with Crippen LogP contribution >= 0.6 is 0 Å². The van der Waals surface area contributed by atoms with E-state index in [1.54, 1.807) is 33.8 Å². The van der Waals surface area contributed by atoms with Crippen molar-refractivity contribution in [3.63, 3.8) is 0 Å². The fourth-order valence-electron chi connectivity index (χ4n) is 3.92. The molecule has 28 heavy (non-hydrogen) atoms. The van der Waals surface area contributed by atoms with E-state index in [9.17, 15) is 25.0 Å². The minimum atomic E-state index is -2.03. The number of ether oxygens (including phenoxy) is 2. The van der Waals surface area contributed by atoms with Crippen molar-refractivity contribution in [1.82, 2.24) is 0 Å². The Hall–Kier alpha value is -1.74. The van der Waals surface area contributed by atoms with Gasteiger partial charge in [0, 0.05) is 18.1 Å². The fourth-order valence-corrected chi connectivity index (χ4v) is 3.92. The summed E-state index contributed by atoms with van der Waals surface area (Å²) in [5, 5.41) is 33.3. The Kier molecular flexibility index (Phi) is 6.70. The molecule has 0 radical (unpaired) electrons. The van der Waals surface area contributed by atoms with Crippen LogP contribution in [0, 0.1) is 11.1 Å². The van der Waals surface area contributed by atoms with Crippen molar-refractivity contribution in [3.05, 3.63) is 28.5 Å². The number of carbonyl (C=O) groups excluding carboxylic acids is 2. The van der Waals surface area contributed by atoms with Crippen molar-refractivity contribution in [2.24, 2.45) is 5.92 Å². The van der Waals surface area contributed by atoms with Crippen LogP contribution in [0.5, 0.6) is 0 Å². The molecule has 0 aromatic carbocycles. The lowest BCUT2D eigenvalue weighted by molar-refractivity contribution is -0.877. The van der Waals surface area contributed by atoms with Crippen LogP contribution in [-0.4, -0.2) is 70.3 Å². The number of rotatable bonds is 7. The van der Waals surface area contributed by atoms with E-state index in [4.69, 9.17) is 9.47 Å². The summed E-state index contributed by atoms with van der Waals surface area (Å²) >= 11 is 0. The number of hydroxylamine groups is 3. The van der Waals surface area contributed by atoms with Gasteiger partial charge in [0.2, 0.25) is 0 Å². The highest BCUT2D eigenvalue weighted by Crippen LogP contribution is 2.38. The molecule has 2 aliphatic rings. The van der Waals surface area contributed by atoms with Gasteiger partial charge in [0.05, 0.1) is 19.2 Å². The van der Waals surface area contributed by atoms with Crippen LogP contribution in [0.4, 0.5) is 0 Å². The molecule has 0 aliphatic carbocycles. The van der Waals surface area contributed by atoms with Crippen LogP contribution in [0.2, 0.25) is 0 Å². The summed E-state index contributed by atoms with van der Waals surface area (Å²) in [6.45, 7) is 8.45. The molecule has 0 aromatic heterocycles. The monoisotopic (exact) mass is 397 g/mol. The lowest BCUT2D eigenvalue weighted by Crippen LogP contribution is -2.53. The van der Waals surface area contributed by atoms with Gasteiger partial charge >= 0.3 is 11.9 Å². The van der Waals surface area contributed by atoms with Gasteiger partial charge in [-0.05, 0) is 32.8 Å². The Morgan fingerprint density at radius 3 is 2.57 bits per heavy atom. The Morgan fingerprint density at radius 1 is 1.39 bits per heavy atom. The summed E-state index contributed by atoms with van der Waals surface area (Å²) in [6, 6.07) is -0.624. The molecule has 1 fully saturated rings. The average Bonchev–Trinajstić information content (AvgIpc) is 3.07. The lowest BCUT2D eigenvalue weighted by Gasteiger charge is -2.40. The molecule has 8 nitrogen and oxygen atoms in total. The third kappa shape index (κ3) is 4.30. The molecule has 5 atom stereocenters. The SMILES string of the molecule is CC(C)=CC(=O)O[C@@H]1CC[N+]2([O-])CC=C(COC(=O)[C@](O)(C(C)C)[C@@H](C)O)[C@H]12. The van der Waals surface area contributed by atoms with Crippen molar-refractivity contribution in [3.8, 4) is 0 Å². The molecule has 8 heteroatoms. The Labute approximate surface area is 165 Å². The molecule has 2 heterocycles. The Bertz CT molecular complexity index is 670. The van der Waals surface area contributed by atoms with E-state index >= 15 is 0 Å². The van der Waals surface area contributed by atoms with Gasteiger partial charge < -0.3 is 29.5 Å². The van der Waals surface area contributed by atoms with Gasteiger partial charge in [-0.2, -0.15) is 0 Å². The summed E-state index contributed by atoms with van der Waals surface area (Å²) < 4.78 is 10.2. The predicted octanol–water partition coefficient (Wildman–Crippen LogP) is 1.20. The largest absolute Gasteiger partial charge is 0.632 e. The minimum absolute atomic E-state index is 0.190. The van der Waals surface area contributed by atoms with Crippen molar-refractivity contribution in [2.45, 2.75) is 64.9 Å². The van der Waals surface area contributed by atoms with E-state index in [-0.39, 0.29) is 13.2 Å². The maximum Gasteiger partial charge on any atom is 0.341 e. The van der Waals surface area contributed by atoms with Crippen molar-refractivity contribution >= 4 is 11.9 Å². The Morgan fingerprint density at radius 2 is 2.04 bits per heavy atom. The maximum atomic E-state index is 13.0. The summed E-state index contributed by atoms with van der Waals surface area (Å²) in [5.41, 5.74) is -0.659. The summed E-state index contributed by atoms with van der Waals surface area (Å²) in [4.78, 5) is 24.4. The molecule has 0 bridgehead atoms. The highest BCUT2D eigenvalue weighted by Gasteiger charge is 2.51. The number of carbonyl (C=O) groups is 2. The Balaban J connectivity index is 2.09. The van der Waals surface area contributed by atoms with Crippen LogP contribution in [0.1, 0.15) is 41.0 Å². The zero-order valence-corrected chi connectivity index (χ0v) is 17.2. The first-order valence-electron chi connectivity index (χ1n) is 9.61. The summed E-state index contributed by atoms with van der Waals surface area (Å²) in [6.07, 6.45) is 1.63. The van der Waals surface area contributed by atoms with Crippen LogP contribution in [0.25, 0.3) is 0 Å². The van der Waals surface area contributed by atoms with Gasteiger partial charge in [0.15, 0.2) is 17.7 Å². The highest BCUT2D eigenvalue weighted by molar-refractivity contribution is 5.83. The van der Waals surface area contributed by atoms with E-state index in [1.807, 2.05) is 0 Å². The van der Waals surface area contributed by atoms with E-state index in [0.717, 1.165) is 5.57 Å². The molecule has 2 rings (SSSR count). The first kappa shape index (κ1) is 22.5. The third-order valence-electron chi connectivity index (χ3n) is 5.58. The van der Waals surface area contributed by atoms with E-state index in [1.165, 1.54) is 13.0 Å². The number of fused-ring (bicyclic) bond motifs is 1. The average molecular weight is 397 g/mol. The molecular formula is C20H31NO7. The van der Waals surface area contributed by atoms with Gasteiger partial charge in [0.25, 0.3) is 0 Å². The van der Waals surface area contributed by atoms with Gasteiger partial charge in [0.1, 0.15) is 6.61 Å². The van der Waals surface area contributed by atoms with Crippen LogP contribution in [-0.2, 0) is 19.1 Å². The number of nitrogens with zero attached hydrogens (tertiary/aromatic N) is 1. The van der Waals surface area contributed by atoms with Gasteiger partial charge in [-0.15, -0.1) is 0 Å². The number of esters is 2. The number of aliphatic hydroxyl groups excluding tert-OH is 1. The molecule has 0 spiro atoms. The second kappa shape index (κ2) is 8.32. The van der Waals surface area contributed by atoms with Gasteiger partial charge in [-0.3, -0.25) is 0 Å². The molecule has 1 saturated heterocycles. The second-order valence-corrected chi connectivity index (χ2v) is 8.30. The standard InChI is InChI=1S/C20H31NO7/c1-12(2)10-17(23)28-16-7-9-21(26)8-6-15(18(16)21)11-27-19(24)20(25,13(3)4)14(5)22/h6,10,13-14,16,18,22,25H,7-9,11H2,1-5H3/t14-,16-,18-,20+,21?/m1/s1. The normalized spacial score (nSPS) is 29.5. The van der Waals surface area contributed by atoms with Crippen molar-refractivity contribution in [1.29, 1.82) is 0 Å². The van der Waals surface area contributed by atoms with E-state index in [2.05, 4.69) is 0 Å². The molecule has 2 aliphatic heterocycles. The topological polar surface area (TPSA) is 116 Å². The first-order chi connectivity index (χ1) is 12.9. The molecule has 1 unspecified atom stereocenters. The zero-order valence-electron chi connectivity index (χ0n) is 17.2. The third-order valence-corrected chi connectivity index (χ3v) is 5.58. The number of allylic oxidation sites excluding steroid dienone is 1. The van der Waals surface area contributed by atoms with Crippen LogP contribution in [0.3, 0.4) is 0 Å². The molecule has 0 amide bonds. The van der Waals surface area contributed by atoms with Crippen LogP contribution < -0.4 is 0 Å². The fraction of sp³-hybridized carbons (Fsp3) is 0.700. The van der Waals surface area contributed by atoms with Gasteiger partial charge in [-0.25, -0.2) is 9.59 Å². The van der Waals surface area contributed by atoms with Gasteiger partial charge in [-0.1, -0.05) is 19.4 Å². The highest BCUT2D eigenvalue weighted by atomic mass is 16.6. The number of quaternary nitrogens is 1. The predicted molar refractivity (Wildman–Crippen MR) is 102 cm³/mol. The van der Waals surface area contributed by atoms with Crippen molar-refractivity contribution in [2.75, 3.05) is 19.7 Å². The minimum Gasteiger partial charge on any atom is -0.632 e. The zero-order chi connectivity index (χ0) is 21.3. The van der Waals surface area contributed by atoms with Crippen molar-refractivity contribution < 1.29 is 33.9 Å². The number of hydrogen-bond donors (Lipinski definition) is 2. The first-order valence-corrected chi connectivity index (χ1v) is 9.61. The summed E-state index contributed by atoms with van der Waals surface area (Å²) in [5.74, 6) is -1.99. The van der Waals surface area contributed by atoms with Crippen LogP contribution in [0.15, 0.2) is 23.3 Å². The number of hydrogen-bond acceptors (Lipinski definition) is 7. The molecule has 0 aromatic rings. The lowest BCUT2D eigenvalue weighted by atomic mass is 9.85. The molecule has 0 saturated carbocycles. The molecule has 2 N–H and O–H groups in total.